The second-order valence-corrected chi connectivity index (χ2v) is 3.40. The van der Waals surface area contributed by atoms with Crippen LogP contribution in [0.4, 0.5) is 0 Å². The SMILES string of the molecule is CNCCOC(C)C(=O)NC1CC1. The van der Waals surface area contributed by atoms with Crippen LogP contribution in [0.3, 0.4) is 0 Å². The summed E-state index contributed by atoms with van der Waals surface area (Å²) in [5, 5.41) is 5.85. The number of amides is 1. The number of hydrogen-bond acceptors (Lipinski definition) is 3. The average molecular weight is 186 g/mol. The fourth-order valence-corrected chi connectivity index (χ4v) is 0.960. The summed E-state index contributed by atoms with van der Waals surface area (Å²) < 4.78 is 5.30. The highest BCUT2D eigenvalue weighted by Crippen LogP contribution is 2.18. The van der Waals surface area contributed by atoms with Crippen LogP contribution in [0.25, 0.3) is 0 Å². The molecule has 0 heterocycles. The first-order valence-corrected chi connectivity index (χ1v) is 4.80. The molecule has 2 N–H and O–H groups in total. The van der Waals surface area contributed by atoms with E-state index in [0.29, 0.717) is 12.6 Å². The highest BCUT2D eigenvalue weighted by Gasteiger charge is 2.25. The zero-order chi connectivity index (χ0) is 9.68. The van der Waals surface area contributed by atoms with Crippen molar-refractivity contribution in [1.82, 2.24) is 10.6 Å². The molecule has 0 radical (unpaired) electrons. The molecule has 76 valence electrons. The average Bonchev–Trinajstić information content (AvgIpc) is 2.88. The molecule has 0 aromatic rings. The van der Waals surface area contributed by atoms with Crippen LogP contribution in [0, 0.1) is 0 Å². The molecular formula is C9H18N2O2. The summed E-state index contributed by atoms with van der Waals surface area (Å²) in [6, 6.07) is 0.419. The summed E-state index contributed by atoms with van der Waals surface area (Å²) in [6.45, 7) is 3.14. The maximum Gasteiger partial charge on any atom is 0.249 e. The maximum absolute atomic E-state index is 11.3. The number of ether oxygens (including phenoxy) is 1. The van der Waals surface area contributed by atoms with E-state index in [1.807, 2.05) is 7.05 Å². The predicted octanol–water partition coefficient (Wildman–Crippen LogP) is -0.110. The lowest BCUT2D eigenvalue weighted by Crippen LogP contribution is -2.36. The standard InChI is InChI=1S/C9H18N2O2/c1-7(13-6-5-10-2)9(12)11-8-3-4-8/h7-8,10H,3-6H2,1-2H3,(H,11,12). The molecule has 1 aliphatic carbocycles. The van der Waals surface area contributed by atoms with Gasteiger partial charge in [-0.05, 0) is 26.8 Å². The van der Waals surface area contributed by atoms with Crippen molar-refractivity contribution in [2.45, 2.75) is 31.9 Å². The molecule has 1 saturated carbocycles. The fourth-order valence-electron chi connectivity index (χ4n) is 0.960. The van der Waals surface area contributed by atoms with Gasteiger partial charge in [-0.3, -0.25) is 4.79 Å². The summed E-state index contributed by atoms with van der Waals surface area (Å²) in [5.41, 5.74) is 0. The number of nitrogens with one attached hydrogen (secondary N) is 2. The van der Waals surface area contributed by atoms with Gasteiger partial charge in [0, 0.05) is 12.6 Å². The van der Waals surface area contributed by atoms with Gasteiger partial charge in [-0.25, -0.2) is 0 Å². The first-order chi connectivity index (χ1) is 6.24. The van der Waals surface area contributed by atoms with Crippen LogP contribution in [0.2, 0.25) is 0 Å². The second-order valence-electron chi connectivity index (χ2n) is 3.40. The Morgan fingerprint density at radius 2 is 2.31 bits per heavy atom. The van der Waals surface area contributed by atoms with Crippen LogP contribution in [-0.4, -0.2) is 38.3 Å². The van der Waals surface area contributed by atoms with Gasteiger partial charge in [0.15, 0.2) is 0 Å². The van der Waals surface area contributed by atoms with Gasteiger partial charge in [0.2, 0.25) is 5.91 Å². The number of rotatable bonds is 6. The third-order valence-corrected chi connectivity index (χ3v) is 2.01. The molecule has 4 nitrogen and oxygen atoms in total. The molecule has 0 spiro atoms. The van der Waals surface area contributed by atoms with Crippen LogP contribution < -0.4 is 10.6 Å². The van der Waals surface area contributed by atoms with Gasteiger partial charge in [-0.2, -0.15) is 0 Å². The van der Waals surface area contributed by atoms with Crippen molar-refractivity contribution < 1.29 is 9.53 Å². The van der Waals surface area contributed by atoms with Crippen LogP contribution in [0.5, 0.6) is 0 Å². The van der Waals surface area contributed by atoms with Gasteiger partial charge >= 0.3 is 0 Å². The Balaban J connectivity index is 2.05. The smallest absolute Gasteiger partial charge is 0.249 e. The third-order valence-electron chi connectivity index (χ3n) is 2.01. The molecular weight excluding hydrogens is 168 g/mol. The molecule has 1 fully saturated rings. The Morgan fingerprint density at radius 3 is 2.85 bits per heavy atom. The molecule has 0 aromatic heterocycles. The maximum atomic E-state index is 11.3. The Bertz CT molecular complexity index is 169. The van der Waals surface area contributed by atoms with Crippen LogP contribution >= 0.6 is 0 Å². The quantitative estimate of drug-likeness (QED) is 0.569. The monoisotopic (exact) mass is 186 g/mol. The molecule has 1 rings (SSSR count). The van der Waals surface area contributed by atoms with Crippen molar-refractivity contribution in [2.75, 3.05) is 20.2 Å². The third kappa shape index (κ3) is 4.24. The highest BCUT2D eigenvalue weighted by molar-refractivity contribution is 5.80. The van der Waals surface area contributed by atoms with E-state index in [4.69, 9.17) is 4.74 Å². The number of hydrogen-bond donors (Lipinski definition) is 2. The molecule has 13 heavy (non-hydrogen) atoms. The second kappa shape index (κ2) is 5.19. The van der Waals surface area contributed by atoms with E-state index >= 15 is 0 Å². The van der Waals surface area contributed by atoms with Gasteiger partial charge in [0.25, 0.3) is 0 Å². The number of carbonyl (C=O) groups is 1. The van der Waals surface area contributed by atoms with Gasteiger partial charge in [0.05, 0.1) is 6.61 Å². The molecule has 1 unspecified atom stereocenters. The Hall–Kier alpha value is -0.610. The molecule has 0 bridgehead atoms. The van der Waals surface area contributed by atoms with Crippen molar-refractivity contribution in [3.63, 3.8) is 0 Å². The normalized spacial score (nSPS) is 18.3. The van der Waals surface area contributed by atoms with Crippen LogP contribution in [0.15, 0.2) is 0 Å². The van der Waals surface area contributed by atoms with E-state index in [0.717, 1.165) is 19.4 Å². The molecule has 4 heteroatoms. The van der Waals surface area contributed by atoms with E-state index in [2.05, 4.69) is 10.6 Å². The highest BCUT2D eigenvalue weighted by atomic mass is 16.5. The van der Waals surface area contributed by atoms with Gasteiger partial charge in [-0.1, -0.05) is 0 Å². The molecule has 0 saturated heterocycles. The number of carbonyl (C=O) groups excluding carboxylic acids is 1. The molecule has 1 amide bonds. The van der Waals surface area contributed by atoms with Crippen LogP contribution in [-0.2, 0) is 9.53 Å². The van der Waals surface area contributed by atoms with Crippen LogP contribution in [0.1, 0.15) is 19.8 Å². The number of likely N-dealkylation sites (N-methyl/N-ethyl adjacent to an activating group) is 1. The molecule has 0 aliphatic heterocycles. The van der Waals surface area contributed by atoms with E-state index in [1.165, 1.54) is 0 Å². The zero-order valence-corrected chi connectivity index (χ0v) is 8.30. The lowest BCUT2D eigenvalue weighted by Gasteiger charge is -2.12. The molecule has 1 aliphatic rings. The minimum absolute atomic E-state index is 0.0126. The fraction of sp³-hybridized carbons (Fsp3) is 0.889. The van der Waals surface area contributed by atoms with Gasteiger partial charge in [-0.15, -0.1) is 0 Å². The Labute approximate surface area is 79.0 Å². The minimum Gasteiger partial charge on any atom is -0.367 e. The summed E-state index contributed by atoms with van der Waals surface area (Å²) in [4.78, 5) is 11.3. The first-order valence-electron chi connectivity index (χ1n) is 4.80. The van der Waals surface area contributed by atoms with Gasteiger partial charge in [0.1, 0.15) is 6.10 Å². The van der Waals surface area contributed by atoms with Crippen molar-refractivity contribution in [1.29, 1.82) is 0 Å². The van der Waals surface area contributed by atoms with E-state index in [1.54, 1.807) is 6.92 Å². The molecule has 1 atom stereocenters. The van der Waals surface area contributed by atoms with Gasteiger partial charge < -0.3 is 15.4 Å². The Kier molecular flexibility index (Phi) is 4.18. The van der Waals surface area contributed by atoms with Crippen molar-refractivity contribution in [2.24, 2.45) is 0 Å². The van der Waals surface area contributed by atoms with Crippen molar-refractivity contribution in [3.8, 4) is 0 Å². The largest absolute Gasteiger partial charge is 0.367 e. The van der Waals surface area contributed by atoms with Crippen molar-refractivity contribution >= 4 is 5.91 Å². The lowest BCUT2D eigenvalue weighted by atomic mass is 10.3. The van der Waals surface area contributed by atoms with E-state index < -0.39 is 0 Å². The molecule has 0 aromatic carbocycles. The summed E-state index contributed by atoms with van der Waals surface area (Å²) >= 11 is 0. The predicted molar refractivity (Wildman–Crippen MR) is 50.5 cm³/mol. The van der Waals surface area contributed by atoms with E-state index in [-0.39, 0.29) is 12.0 Å². The lowest BCUT2D eigenvalue weighted by molar-refractivity contribution is -0.131. The van der Waals surface area contributed by atoms with E-state index in [9.17, 15) is 4.79 Å². The topological polar surface area (TPSA) is 50.4 Å². The summed E-state index contributed by atoms with van der Waals surface area (Å²) in [5.74, 6) is 0.0126. The zero-order valence-electron chi connectivity index (χ0n) is 8.30. The first kappa shape index (κ1) is 10.5. The summed E-state index contributed by atoms with van der Waals surface area (Å²) in [7, 11) is 1.86. The summed E-state index contributed by atoms with van der Waals surface area (Å²) in [6.07, 6.45) is 1.91. The van der Waals surface area contributed by atoms with Crippen molar-refractivity contribution in [3.05, 3.63) is 0 Å². The Morgan fingerprint density at radius 1 is 1.62 bits per heavy atom. The minimum atomic E-state index is -0.325.